The van der Waals surface area contributed by atoms with Crippen LogP contribution in [0.2, 0.25) is 5.02 Å². The van der Waals surface area contributed by atoms with Gasteiger partial charge in [-0.2, -0.15) is 0 Å². The average molecular weight is 364 g/mol. The smallest absolute Gasteiger partial charge is 0.293 e. The molecule has 8 heteroatoms. The predicted octanol–water partition coefficient (Wildman–Crippen LogP) is 4.18. The number of hydrogen-bond donors (Lipinski definition) is 2. The molecule has 1 amide bonds. The van der Waals surface area contributed by atoms with Crippen LogP contribution in [-0.4, -0.2) is 16.0 Å². The lowest BCUT2D eigenvalue weighted by Crippen LogP contribution is -2.33. The molecule has 0 saturated carbocycles. The van der Waals surface area contributed by atoms with Gasteiger partial charge in [0.25, 0.3) is 5.91 Å². The van der Waals surface area contributed by atoms with E-state index in [1.165, 1.54) is 17.6 Å². The van der Waals surface area contributed by atoms with Gasteiger partial charge in [-0.3, -0.25) is 10.1 Å². The summed E-state index contributed by atoms with van der Waals surface area (Å²) < 4.78 is 4.99. The van der Waals surface area contributed by atoms with Crippen molar-refractivity contribution in [2.75, 3.05) is 5.32 Å². The maximum atomic E-state index is 11.8. The van der Waals surface area contributed by atoms with Crippen LogP contribution in [0.25, 0.3) is 11.3 Å². The van der Waals surface area contributed by atoms with Gasteiger partial charge in [0.2, 0.25) is 0 Å². The van der Waals surface area contributed by atoms with Crippen molar-refractivity contribution in [3.05, 3.63) is 58.8 Å². The zero-order chi connectivity index (χ0) is 16.2. The van der Waals surface area contributed by atoms with E-state index in [4.69, 9.17) is 28.2 Å². The first-order valence-corrected chi connectivity index (χ1v) is 8.16. The molecule has 3 aromatic rings. The molecule has 0 spiro atoms. The monoisotopic (exact) mass is 363 g/mol. The Morgan fingerprint density at radius 1 is 1.26 bits per heavy atom. The van der Waals surface area contributed by atoms with E-state index in [0.29, 0.717) is 10.2 Å². The van der Waals surface area contributed by atoms with E-state index in [2.05, 4.69) is 15.6 Å². The highest BCUT2D eigenvalue weighted by atomic mass is 35.5. The topological polar surface area (TPSA) is 67.2 Å². The van der Waals surface area contributed by atoms with E-state index in [1.54, 1.807) is 24.3 Å². The first-order chi connectivity index (χ1) is 11.1. The second-order valence-corrected chi connectivity index (χ2v) is 6.13. The number of carbonyl (C=O) groups excluding carboxylic acids is 1. The van der Waals surface area contributed by atoms with Crippen LogP contribution in [0.4, 0.5) is 5.13 Å². The first-order valence-electron chi connectivity index (χ1n) is 6.49. The summed E-state index contributed by atoms with van der Waals surface area (Å²) in [6.07, 6.45) is 1.42. The lowest BCUT2D eigenvalue weighted by atomic mass is 10.2. The summed E-state index contributed by atoms with van der Waals surface area (Å²) >= 11 is 12.3. The largest absolute Gasteiger partial charge is 0.459 e. The highest BCUT2D eigenvalue weighted by Crippen LogP contribution is 2.25. The molecule has 0 bridgehead atoms. The van der Waals surface area contributed by atoms with Crippen LogP contribution in [0.3, 0.4) is 0 Å². The van der Waals surface area contributed by atoms with Crippen molar-refractivity contribution in [2.24, 2.45) is 0 Å². The summed E-state index contributed by atoms with van der Waals surface area (Å²) in [5.74, 6) is -0.225. The van der Waals surface area contributed by atoms with Gasteiger partial charge in [-0.25, -0.2) is 4.98 Å². The number of furan rings is 1. The molecule has 0 radical (unpaired) electrons. The highest BCUT2D eigenvalue weighted by molar-refractivity contribution is 7.80. The molecule has 0 aliphatic heterocycles. The van der Waals surface area contributed by atoms with Gasteiger partial charge in [-0.15, -0.1) is 11.3 Å². The fourth-order valence-electron chi connectivity index (χ4n) is 1.79. The number of amides is 1. The molecule has 2 N–H and O–H groups in total. The average Bonchev–Trinajstić information content (AvgIpc) is 3.19. The third-order valence-corrected chi connectivity index (χ3v) is 4.05. The van der Waals surface area contributed by atoms with E-state index >= 15 is 0 Å². The van der Waals surface area contributed by atoms with Crippen molar-refractivity contribution in [1.29, 1.82) is 0 Å². The minimum Gasteiger partial charge on any atom is -0.459 e. The summed E-state index contributed by atoms with van der Waals surface area (Å²) in [6.45, 7) is 0. The Labute approximate surface area is 146 Å². The van der Waals surface area contributed by atoms with Crippen molar-refractivity contribution in [3.8, 4) is 11.3 Å². The lowest BCUT2D eigenvalue weighted by molar-refractivity contribution is 0.0950. The van der Waals surface area contributed by atoms with Crippen molar-refractivity contribution in [1.82, 2.24) is 10.3 Å². The third-order valence-electron chi connectivity index (χ3n) is 2.84. The molecule has 23 heavy (non-hydrogen) atoms. The SMILES string of the molecule is O=C(NC(=S)Nc1nc(-c2ccc(Cl)cc2)cs1)c1ccco1. The van der Waals surface area contributed by atoms with Crippen LogP contribution in [0.15, 0.2) is 52.5 Å². The number of nitrogens with zero attached hydrogens (tertiary/aromatic N) is 1. The van der Waals surface area contributed by atoms with Crippen molar-refractivity contribution >= 4 is 51.3 Å². The molecule has 0 aliphatic carbocycles. The second kappa shape index (κ2) is 6.91. The van der Waals surface area contributed by atoms with Crippen LogP contribution >= 0.6 is 35.2 Å². The molecular weight excluding hydrogens is 354 g/mol. The molecule has 0 atom stereocenters. The molecule has 2 heterocycles. The van der Waals surface area contributed by atoms with Crippen LogP contribution in [-0.2, 0) is 0 Å². The lowest BCUT2D eigenvalue weighted by Gasteiger charge is -2.05. The zero-order valence-electron chi connectivity index (χ0n) is 11.6. The quantitative estimate of drug-likeness (QED) is 0.683. The highest BCUT2D eigenvalue weighted by Gasteiger charge is 2.12. The third kappa shape index (κ3) is 3.95. The Kier molecular flexibility index (Phi) is 4.71. The number of carbonyl (C=O) groups is 1. The van der Waals surface area contributed by atoms with Gasteiger partial charge in [0.15, 0.2) is 16.0 Å². The standard InChI is InChI=1S/C15H10ClN3O2S2/c16-10-5-3-9(4-6-10)11-8-23-15(17-11)19-14(22)18-13(20)12-2-1-7-21-12/h1-8H,(H2,17,18,19,20,22). The number of rotatable bonds is 3. The Balaban J connectivity index is 1.63. The van der Waals surface area contributed by atoms with E-state index in [1.807, 2.05) is 17.5 Å². The fraction of sp³-hybridized carbons (Fsp3) is 0. The fourth-order valence-corrected chi connectivity index (χ4v) is 2.89. The van der Waals surface area contributed by atoms with Gasteiger partial charge in [0.05, 0.1) is 12.0 Å². The molecule has 0 saturated heterocycles. The number of hydrogen-bond acceptors (Lipinski definition) is 5. The summed E-state index contributed by atoms with van der Waals surface area (Å²) in [5, 5.41) is 8.70. The predicted molar refractivity (Wildman–Crippen MR) is 95.0 cm³/mol. The number of anilines is 1. The van der Waals surface area contributed by atoms with Gasteiger partial charge >= 0.3 is 0 Å². The molecule has 2 aromatic heterocycles. The first kappa shape index (κ1) is 15.7. The molecule has 0 unspecified atom stereocenters. The minimum absolute atomic E-state index is 0.156. The second-order valence-electron chi connectivity index (χ2n) is 4.43. The Morgan fingerprint density at radius 2 is 2.04 bits per heavy atom. The van der Waals surface area contributed by atoms with Gasteiger partial charge in [-0.05, 0) is 36.5 Å². The number of halogens is 1. The van der Waals surface area contributed by atoms with E-state index < -0.39 is 5.91 Å². The van der Waals surface area contributed by atoms with E-state index in [-0.39, 0.29) is 10.9 Å². The molecule has 0 aliphatic rings. The molecule has 0 fully saturated rings. The molecule has 3 rings (SSSR count). The van der Waals surface area contributed by atoms with Crippen molar-refractivity contribution in [2.45, 2.75) is 0 Å². The van der Waals surface area contributed by atoms with Gasteiger partial charge in [0, 0.05) is 16.0 Å². The molecular formula is C15H10ClN3O2S2. The Bertz CT molecular complexity index is 829. The summed E-state index contributed by atoms with van der Waals surface area (Å²) in [5.41, 5.74) is 1.75. The number of aromatic nitrogens is 1. The van der Waals surface area contributed by atoms with Crippen molar-refractivity contribution in [3.63, 3.8) is 0 Å². The zero-order valence-corrected chi connectivity index (χ0v) is 14.0. The minimum atomic E-state index is -0.415. The summed E-state index contributed by atoms with van der Waals surface area (Å²) in [6, 6.07) is 10.6. The number of thiazole rings is 1. The van der Waals surface area contributed by atoms with Crippen LogP contribution in [0.1, 0.15) is 10.6 Å². The molecule has 5 nitrogen and oxygen atoms in total. The van der Waals surface area contributed by atoms with Crippen LogP contribution in [0.5, 0.6) is 0 Å². The molecule has 116 valence electrons. The van der Waals surface area contributed by atoms with Crippen LogP contribution < -0.4 is 10.6 Å². The Hall–Kier alpha value is -2.22. The van der Waals surface area contributed by atoms with E-state index in [0.717, 1.165) is 11.3 Å². The Morgan fingerprint density at radius 3 is 2.74 bits per heavy atom. The normalized spacial score (nSPS) is 10.3. The number of thiocarbonyl (C=S) groups is 1. The summed E-state index contributed by atoms with van der Waals surface area (Å²) in [7, 11) is 0. The van der Waals surface area contributed by atoms with Gasteiger partial charge in [0.1, 0.15) is 0 Å². The molecule has 1 aromatic carbocycles. The maximum absolute atomic E-state index is 11.8. The van der Waals surface area contributed by atoms with Crippen LogP contribution in [0, 0.1) is 0 Å². The van der Waals surface area contributed by atoms with Gasteiger partial charge < -0.3 is 9.73 Å². The van der Waals surface area contributed by atoms with Gasteiger partial charge in [-0.1, -0.05) is 23.7 Å². The maximum Gasteiger partial charge on any atom is 0.293 e. The van der Waals surface area contributed by atoms with E-state index in [9.17, 15) is 4.79 Å². The number of nitrogens with one attached hydrogen (secondary N) is 2. The van der Waals surface area contributed by atoms with Crippen molar-refractivity contribution < 1.29 is 9.21 Å². The summed E-state index contributed by atoms with van der Waals surface area (Å²) in [4.78, 5) is 16.2. The number of benzene rings is 1.